The van der Waals surface area contributed by atoms with Crippen LogP contribution in [0.3, 0.4) is 0 Å². The van der Waals surface area contributed by atoms with Crippen molar-refractivity contribution in [3.8, 4) is 22.3 Å². The number of benzene rings is 4. The molecule has 0 bridgehead atoms. The Kier molecular flexibility index (Phi) is 12.7. The Morgan fingerprint density at radius 1 is 0.543 bits per heavy atom. The van der Waals surface area contributed by atoms with Gasteiger partial charge in [0.05, 0.1) is 0 Å². The molecule has 0 radical (unpaired) electrons. The van der Waals surface area contributed by atoms with Crippen LogP contribution in [0.2, 0.25) is 13.1 Å². The number of aryl methyl sites for hydroxylation is 2. The summed E-state index contributed by atoms with van der Waals surface area (Å²) in [5.74, 6) is 0.906. The zero-order valence-corrected chi connectivity index (χ0v) is 33.5. The van der Waals surface area contributed by atoms with E-state index < -0.39 is 8.07 Å². The molecule has 0 aliphatic heterocycles. The summed E-state index contributed by atoms with van der Waals surface area (Å²) in [6.07, 6.45) is 2.13. The first kappa shape index (κ1) is 38.2. The van der Waals surface area contributed by atoms with E-state index in [1.807, 2.05) is 0 Å². The second-order valence-corrected chi connectivity index (χ2v) is 17.8. The minimum atomic E-state index is -2.26. The zero-order valence-electron chi connectivity index (χ0n) is 28.6. The van der Waals surface area contributed by atoms with Gasteiger partial charge in [-0.25, -0.2) is 0 Å². The maximum atomic E-state index is 2.63. The Morgan fingerprint density at radius 3 is 1.20 bits per heavy atom. The molecule has 0 saturated heterocycles. The number of hydrogen-bond acceptors (Lipinski definition) is 0. The first-order valence-corrected chi connectivity index (χ1v) is 19.3. The van der Waals surface area contributed by atoms with Crippen molar-refractivity contribution >= 4 is 40.0 Å². The van der Waals surface area contributed by atoms with E-state index in [-0.39, 0.29) is 51.0 Å². The van der Waals surface area contributed by atoms with Gasteiger partial charge in [0.1, 0.15) is 0 Å². The fourth-order valence-electron chi connectivity index (χ4n) is 7.41. The average molecular weight is 741 g/mol. The first-order valence-electron chi connectivity index (χ1n) is 16.3. The fourth-order valence-corrected chi connectivity index (χ4v) is 11.6. The maximum Gasteiger partial charge on any atom is 4.00 e. The monoisotopic (exact) mass is 738 g/mol. The van der Waals surface area contributed by atoms with Crippen LogP contribution in [0.5, 0.6) is 0 Å². The largest absolute Gasteiger partial charge is 4.00 e. The predicted molar refractivity (Wildman–Crippen MR) is 194 cm³/mol. The van der Waals surface area contributed by atoms with Crippen LogP contribution < -0.4 is 35.2 Å². The predicted octanol–water partition coefficient (Wildman–Crippen LogP) is 4.96. The molecule has 0 nitrogen and oxygen atoms in total. The van der Waals surface area contributed by atoms with E-state index in [1.54, 1.807) is 10.4 Å². The van der Waals surface area contributed by atoms with Gasteiger partial charge >= 0.3 is 26.2 Å². The summed E-state index contributed by atoms with van der Waals surface area (Å²) in [7, 11) is -2.26. The minimum Gasteiger partial charge on any atom is -1.00 e. The van der Waals surface area contributed by atoms with Gasteiger partial charge in [-0.05, 0) is 46.9 Å². The van der Waals surface area contributed by atoms with Crippen LogP contribution in [0.15, 0.2) is 97.1 Å². The van der Waals surface area contributed by atoms with E-state index in [0.29, 0.717) is 11.8 Å². The number of fused-ring (bicyclic) bond motifs is 2. The molecule has 0 spiro atoms. The van der Waals surface area contributed by atoms with Gasteiger partial charge in [-0.1, -0.05) is 126 Å². The Balaban J connectivity index is 0.00000192. The van der Waals surface area contributed by atoms with Crippen LogP contribution in [0, 0.1) is 0 Å². The molecular formula is C42H46Cl2SiZr. The molecule has 4 heteroatoms. The molecule has 6 rings (SSSR count). The van der Waals surface area contributed by atoms with Gasteiger partial charge in [0.2, 0.25) is 0 Å². The number of rotatable bonds is 8. The van der Waals surface area contributed by atoms with Gasteiger partial charge in [0, 0.05) is 8.07 Å². The molecule has 0 aliphatic carbocycles. The van der Waals surface area contributed by atoms with E-state index in [4.69, 9.17) is 0 Å². The van der Waals surface area contributed by atoms with Crippen LogP contribution >= 0.6 is 0 Å². The summed E-state index contributed by atoms with van der Waals surface area (Å²) in [6.45, 7) is 19.2. The molecular weight excluding hydrogens is 695 g/mol. The SMILES string of the molecule is CCc1ccc(-c2cccc3[cH-]c(C(C)C)c([Si](C)(C)c4c(C(C)C)[cH-]c5cccc(-c6ccc(CC)cc6)c45)c23)cc1.[Cl-].[Cl-].[Zr+4]. The van der Waals surface area contributed by atoms with Crippen LogP contribution in [-0.2, 0) is 39.0 Å². The summed E-state index contributed by atoms with van der Waals surface area (Å²) >= 11 is 0. The third-order valence-corrected chi connectivity index (χ3v) is 13.3. The number of halogens is 2. The van der Waals surface area contributed by atoms with Gasteiger partial charge in [-0.15, -0.1) is 69.1 Å². The van der Waals surface area contributed by atoms with Crippen molar-refractivity contribution < 1.29 is 51.0 Å². The van der Waals surface area contributed by atoms with Crippen molar-refractivity contribution in [1.82, 2.24) is 0 Å². The topological polar surface area (TPSA) is 0 Å². The molecule has 0 heterocycles. The first-order chi connectivity index (χ1) is 20.6. The Morgan fingerprint density at radius 2 is 0.891 bits per heavy atom. The van der Waals surface area contributed by atoms with E-state index >= 15 is 0 Å². The van der Waals surface area contributed by atoms with Gasteiger partial charge in [-0.3, -0.25) is 0 Å². The van der Waals surface area contributed by atoms with E-state index in [1.165, 1.54) is 66.1 Å². The standard InChI is InChI=1S/C42H46Si.2ClH.Zr/c1-9-29-17-21-31(22-18-29)35-15-11-13-33-25-37(27(3)4)41(39(33)35)43(7,8)42-38(28(5)6)26-34-14-12-16-36(40(34)42)32-23-19-30(10-2)20-24-32;;;/h11-28H,9-10H2,1-8H3;2*1H;/q-2;;;+4/p-2. The normalized spacial score (nSPS) is 11.5. The third-order valence-electron chi connectivity index (χ3n) is 9.73. The van der Waals surface area contributed by atoms with Crippen LogP contribution in [0.4, 0.5) is 0 Å². The molecule has 6 aromatic rings. The van der Waals surface area contributed by atoms with Crippen LogP contribution in [-0.4, -0.2) is 8.07 Å². The van der Waals surface area contributed by atoms with Crippen LogP contribution in [0.1, 0.15) is 75.6 Å². The summed E-state index contributed by atoms with van der Waals surface area (Å²) in [6, 6.07) is 37.5. The number of hydrogen-bond donors (Lipinski definition) is 0. The van der Waals surface area contributed by atoms with Crippen molar-refractivity contribution in [3.05, 3.63) is 119 Å². The van der Waals surface area contributed by atoms with E-state index in [9.17, 15) is 0 Å². The Hall–Kier alpha value is -2.22. The summed E-state index contributed by atoms with van der Waals surface area (Å²) < 4.78 is 0. The van der Waals surface area contributed by atoms with Crippen molar-refractivity contribution in [1.29, 1.82) is 0 Å². The molecule has 46 heavy (non-hydrogen) atoms. The minimum absolute atomic E-state index is 0. The Bertz CT molecular complexity index is 1760. The summed E-state index contributed by atoms with van der Waals surface area (Å²) in [4.78, 5) is 0. The second kappa shape index (κ2) is 15.3. The molecule has 6 aromatic carbocycles. The second-order valence-electron chi connectivity index (χ2n) is 13.5. The van der Waals surface area contributed by atoms with Crippen molar-refractivity contribution in [2.45, 2.75) is 79.3 Å². The summed E-state index contributed by atoms with van der Waals surface area (Å²) in [5.41, 5.74) is 11.2. The third kappa shape index (κ3) is 6.71. The summed E-state index contributed by atoms with van der Waals surface area (Å²) in [5, 5.41) is 8.96. The molecule has 0 fully saturated rings. The molecule has 0 unspecified atom stereocenters. The van der Waals surface area contributed by atoms with Gasteiger partial charge in [-0.2, -0.15) is 10.4 Å². The van der Waals surface area contributed by atoms with E-state index in [0.717, 1.165) is 12.8 Å². The van der Waals surface area contributed by atoms with E-state index in [2.05, 4.69) is 152 Å². The van der Waals surface area contributed by atoms with Gasteiger partial charge in [0.15, 0.2) is 0 Å². The van der Waals surface area contributed by atoms with Crippen molar-refractivity contribution in [3.63, 3.8) is 0 Å². The van der Waals surface area contributed by atoms with Gasteiger partial charge in [0.25, 0.3) is 0 Å². The van der Waals surface area contributed by atoms with Crippen LogP contribution in [0.25, 0.3) is 43.8 Å². The average Bonchev–Trinajstić information content (AvgIpc) is 3.62. The van der Waals surface area contributed by atoms with Gasteiger partial charge < -0.3 is 24.8 Å². The zero-order chi connectivity index (χ0) is 30.5. The van der Waals surface area contributed by atoms with Crippen molar-refractivity contribution in [2.24, 2.45) is 0 Å². The molecule has 0 atom stereocenters. The fraction of sp³-hybridized carbons (Fsp3) is 0.286. The Labute approximate surface area is 309 Å². The maximum absolute atomic E-state index is 2.63. The molecule has 0 amide bonds. The smallest absolute Gasteiger partial charge is 1.00 e. The molecule has 0 aromatic heterocycles. The molecule has 0 N–H and O–H groups in total. The quantitative estimate of drug-likeness (QED) is 0.153. The van der Waals surface area contributed by atoms with Crippen molar-refractivity contribution in [2.75, 3.05) is 0 Å². The molecule has 0 saturated carbocycles. The molecule has 236 valence electrons. The molecule has 0 aliphatic rings.